The number of H-pyrrole nitrogens is 2. The number of hydrogen-bond acceptors (Lipinski definition) is 3. The summed E-state index contributed by atoms with van der Waals surface area (Å²) in [5.41, 5.74) is 0.113. The van der Waals surface area contributed by atoms with Crippen molar-refractivity contribution in [2.24, 2.45) is 11.8 Å². The molecule has 0 atom stereocenters. The Labute approximate surface area is 116 Å². The average molecular weight is 325 g/mol. The molecule has 0 bridgehead atoms. The molecule has 0 aliphatic heterocycles. The van der Waals surface area contributed by atoms with Crippen molar-refractivity contribution in [1.29, 1.82) is 0 Å². The topological polar surface area (TPSA) is 83.5 Å². The summed E-state index contributed by atoms with van der Waals surface area (Å²) in [4.78, 5) is 33.6. The summed E-state index contributed by atoms with van der Waals surface area (Å²) in [6, 6.07) is 0.196. The summed E-state index contributed by atoms with van der Waals surface area (Å²) >= 11 is 3.24. The van der Waals surface area contributed by atoms with Crippen molar-refractivity contribution in [2.75, 3.05) is 0 Å². The molecule has 100 valence electrons. The Morgan fingerprint density at radius 1 is 1.16 bits per heavy atom. The molecular formula is C12H13BrN4O2. The summed E-state index contributed by atoms with van der Waals surface area (Å²) in [6.45, 7) is 0. The van der Waals surface area contributed by atoms with E-state index in [2.05, 4.69) is 30.9 Å². The fourth-order valence-corrected chi connectivity index (χ4v) is 3.31. The standard InChI is InChI=1S/C12H13BrN4O2/c13-11-14-7-9(15-11)17(12(19)16-10(7)18)8(5-1-2-5)6-3-4-6/h5-6,8H,1-4H2,(H,14,15)(H,16,18,19). The van der Waals surface area contributed by atoms with Crippen molar-refractivity contribution in [3.63, 3.8) is 0 Å². The van der Waals surface area contributed by atoms with Gasteiger partial charge in [0.2, 0.25) is 0 Å². The fraction of sp³-hybridized carbons (Fsp3) is 0.583. The highest BCUT2D eigenvalue weighted by atomic mass is 79.9. The highest BCUT2D eigenvalue weighted by Crippen LogP contribution is 2.51. The molecule has 2 aromatic rings. The molecule has 0 spiro atoms. The van der Waals surface area contributed by atoms with Gasteiger partial charge in [0.05, 0.1) is 0 Å². The van der Waals surface area contributed by atoms with Crippen LogP contribution in [-0.2, 0) is 0 Å². The predicted octanol–water partition coefficient (Wildman–Crippen LogP) is 1.54. The maximum atomic E-state index is 12.2. The van der Waals surface area contributed by atoms with Crippen molar-refractivity contribution in [3.8, 4) is 0 Å². The van der Waals surface area contributed by atoms with Crippen molar-refractivity contribution in [1.82, 2.24) is 19.5 Å². The molecule has 2 aliphatic carbocycles. The Morgan fingerprint density at radius 3 is 2.37 bits per heavy atom. The second kappa shape index (κ2) is 3.82. The van der Waals surface area contributed by atoms with Gasteiger partial charge < -0.3 is 4.98 Å². The molecule has 0 aromatic carbocycles. The predicted molar refractivity (Wildman–Crippen MR) is 73.2 cm³/mol. The van der Waals surface area contributed by atoms with E-state index in [1.807, 2.05) is 0 Å². The first-order valence-corrected chi connectivity index (χ1v) is 7.34. The molecule has 7 heteroatoms. The number of fused-ring (bicyclic) bond motifs is 1. The second-order valence-corrected chi connectivity index (χ2v) is 6.27. The number of nitrogens with one attached hydrogen (secondary N) is 2. The lowest BCUT2D eigenvalue weighted by Crippen LogP contribution is -2.34. The average Bonchev–Trinajstić information content (AvgIpc) is 3.24. The van der Waals surface area contributed by atoms with Crippen LogP contribution >= 0.6 is 15.9 Å². The molecule has 2 aliphatic rings. The van der Waals surface area contributed by atoms with Gasteiger partial charge in [0, 0.05) is 6.04 Å². The molecule has 2 saturated carbocycles. The summed E-state index contributed by atoms with van der Waals surface area (Å²) < 4.78 is 2.19. The number of aromatic amines is 2. The van der Waals surface area contributed by atoms with Gasteiger partial charge >= 0.3 is 5.69 Å². The Morgan fingerprint density at radius 2 is 1.79 bits per heavy atom. The minimum atomic E-state index is -0.403. The third kappa shape index (κ3) is 1.79. The normalized spacial score (nSPS) is 19.5. The Balaban J connectivity index is 2.01. The van der Waals surface area contributed by atoms with Crippen LogP contribution in [0.1, 0.15) is 31.7 Å². The van der Waals surface area contributed by atoms with Crippen LogP contribution in [0.15, 0.2) is 14.3 Å². The third-order valence-corrected chi connectivity index (χ3v) is 4.43. The van der Waals surface area contributed by atoms with Crippen LogP contribution < -0.4 is 11.2 Å². The molecule has 0 saturated heterocycles. The lowest BCUT2D eigenvalue weighted by atomic mass is 10.1. The summed E-state index contributed by atoms with van der Waals surface area (Å²) in [5.74, 6) is 1.13. The van der Waals surface area contributed by atoms with Gasteiger partial charge in [0.1, 0.15) is 0 Å². The van der Waals surface area contributed by atoms with Gasteiger partial charge in [-0.15, -0.1) is 0 Å². The lowest BCUT2D eigenvalue weighted by molar-refractivity contribution is 0.388. The van der Waals surface area contributed by atoms with Crippen molar-refractivity contribution in [3.05, 3.63) is 25.6 Å². The molecule has 2 aromatic heterocycles. The zero-order valence-corrected chi connectivity index (χ0v) is 11.7. The molecule has 19 heavy (non-hydrogen) atoms. The van der Waals surface area contributed by atoms with Gasteiger partial charge in [-0.1, -0.05) is 0 Å². The van der Waals surface area contributed by atoms with Crippen LogP contribution in [-0.4, -0.2) is 19.5 Å². The van der Waals surface area contributed by atoms with E-state index in [1.54, 1.807) is 4.57 Å². The minimum absolute atomic E-state index is 0.196. The molecule has 4 rings (SSSR count). The molecule has 2 N–H and O–H groups in total. The van der Waals surface area contributed by atoms with Gasteiger partial charge in [0.25, 0.3) is 5.56 Å². The smallest absolute Gasteiger partial charge is 0.327 e. The number of rotatable bonds is 3. The Kier molecular flexibility index (Phi) is 2.30. The first kappa shape index (κ1) is 11.5. The zero-order valence-electron chi connectivity index (χ0n) is 10.1. The van der Waals surface area contributed by atoms with E-state index in [-0.39, 0.29) is 11.7 Å². The van der Waals surface area contributed by atoms with E-state index in [0.29, 0.717) is 27.7 Å². The SMILES string of the molecule is O=c1[nH]c(=O)n(C(C2CC2)C2CC2)c2nc(Br)[nH]c12. The monoisotopic (exact) mass is 324 g/mol. The largest absolute Gasteiger partial charge is 0.330 e. The van der Waals surface area contributed by atoms with Crippen molar-refractivity contribution >= 4 is 27.1 Å². The number of nitrogens with zero attached hydrogens (tertiary/aromatic N) is 2. The Hall–Kier alpha value is -1.37. The third-order valence-electron chi connectivity index (χ3n) is 4.06. The molecule has 6 nitrogen and oxygen atoms in total. The highest BCUT2D eigenvalue weighted by molar-refractivity contribution is 9.10. The van der Waals surface area contributed by atoms with Crippen LogP contribution in [0.25, 0.3) is 11.2 Å². The van der Waals surface area contributed by atoms with Crippen LogP contribution in [0.2, 0.25) is 0 Å². The maximum Gasteiger partial charge on any atom is 0.330 e. The number of halogens is 1. The van der Waals surface area contributed by atoms with E-state index < -0.39 is 5.56 Å². The van der Waals surface area contributed by atoms with Crippen LogP contribution in [0.4, 0.5) is 0 Å². The summed E-state index contributed by atoms with van der Waals surface area (Å²) in [7, 11) is 0. The van der Waals surface area contributed by atoms with Crippen molar-refractivity contribution < 1.29 is 0 Å². The molecule has 2 heterocycles. The van der Waals surface area contributed by atoms with Gasteiger partial charge in [-0.2, -0.15) is 0 Å². The van der Waals surface area contributed by atoms with E-state index in [9.17, 15) is 9.59 Å². The van der Waals surface area contributed by atoms with Crippen LogP contribution in [0, 0.1) is 11.8 Å². The second-order valence-electron chi connectivity index (χ2n) is 5.52. The number of imidazole rings is 1. The lowest BCUT2D eigenvalue weighted by Gasteiger charge is -2.18. The summed E-state index contributed by atoms with van der Waals surface area (Å²) in [5, 5.41) is 0. The Bertz CT molecular complexity index is 754. The molecule has 2 fully saturated rings. The van der Waals surface area contributed by atoms with Crippen LogP contribution in [0.5, 0.6) is 0 Å². The van der Waals surface area contributed by atoms with Gasteiger partial charge in [-0.3, -0.25) is 14.3 Å². The van der Waals surface area contributed by atoms with Gasteiger partial charge in [0.15, 0.2) is 15.9 Å². The first-order chi connectivity index (χ1) is 9.15. The van der Waals surface area contributed by atoms with E-state index in [1.165, 1.54) is 25.7 Å². The summed E-state index contributed by atoms with van der Waals surface area (Å²) in [6.07, 6.45) is 4.67. The van der Waals surface area contributed by atoms with Crippen LogP contribution in [0.3, 0.4) is 0 Å². The van der Waals surface area contributed by atoms with E-state index >= 15 is 0 Å². The fourth-order valence-electron chi connectivity index (χ4n) is 2.94. The number of aromatic nitrogens is 4. The van der Waals surface area contributed by atoms with Gasteiger partial charge in [-0.05, 0) is 53.4 Å². The number of hydrogen-bond donors (Lipinski definition) is 2. The van der Waals surface area contributed by atoms with Crippen molar-refractivity contribution in [2.45, 2.75) is 31.7 Å². The van der Waals surface area contributed by atoms with E-state index in [0.717, 1.165) is 0 Å². The first-order valence-electron chi connectivity index (χ1n) is 6.55. The van der Waals surface area contributed by atoms with E-state index in [4.69, 9.17) is 0 Å². The highest BCUT2D eigenvalue weighted by Gasteiger charge is 2.44. The molecule has 0 unspecified atom stereocenters. The molecule has 0 amide bonds. The molecule has 0 radical (unpaired) electrons. The quantitative estimate of drug-likeness (QED) is 0.840. The zero-order chi connectivity index (χ0) is 13.1. The van der Waals surface area contributed by atoms with Gasteiger partial charge in [-0.25, -0.2) is 9.78 Å². The minimum Gasteiger partial charge on any atom is -0.327 e. The molecular weight excluding hydrogens is 312 g/mol. The maximum absolute atomic E-state index is 12.2.